The lowest BCUT2D eigenvalue weighted by molar-refractivity contribution is 0.245. The smallest absolute Gasteiger partial charge is 0.183 e. The molecule has 0 saturated carbocycles. The molecule has 0 fully saturated rings. The van der Waals surface area contributed by atoms with E-state index in [2.05, 4.69) is 29.1 Å². The summed E-state index contributed by atoms with van der Waals surface area (Å²) < 4.78 is 22.2. The van der Waals surface area contributed by atoms with Gasteiger partial charge in [0.25, 0.3) is 0 Å². The molecule has 0 spiro atoms. The predicted molar refractivity (Wildman–Crippen MR) is 178 cm³/mol. The first-order chi connectivity index (χ1) is 19.7. The van der Waals surface area contributed by atoms with Gasteiger partial charge in [-0.05, 0) is 71.9 Å². The second-order valence-electron chi connectivity index (χ2n) is 10.3. The lowest BCUT2D eigenvalue weighted by atomic mass is 10.1. The number of methoxy groups -OCH3 is 2. The summed E-state index contributed by atoms with van der Waals surface area (Å²) >= 11 is 1.58. The van der Waals surface area contributed by atoms with E-state index >= 15 is 0 Å². The molecular formula is C32H40N4O4S2. The van der Waals surface area contributed by atoms with E-state index in [-0.39, 0.29) is 25.7 Å². The number of nitrogens with zero attached hydrogens (tertiary/aromatic N) is 3. The van der Waals surface area contributed by atoms with Crippen molar-refractivity contribution in [1.82, 2.24) is 15.0 Å². The number of pyridine rings is 2. The minimum atomic E-state index is 0. The van der Waals surface area contributed by atoms with Gasteiger partial charge in [-0.2, -0.15) is 13.5 Å². The number of ether oxygens (including phenoxy) is 4. The minimum Gasteiger partial charge on any atom is -0.497 e. The maximum atomic E-state index is 6.01. The molecule has 2 aromatic carbocycles. The number of anilines is 1. The van der Waals surface area contributed by atoms with E-state index in [0.717, 1.165) is 61.3 Å². The van der Waals surface area contributed by atoms with Crippen molar-refractivity contribution in [1.29, 1.82) is 0 Å². The summed E-state index contributed by atoms with van der Waals surface area (Å²) in [6.45, 7) is 12.2. The number of thiazole rings is 1. The zero-order valence-corrected chi connectivity index (χ0v) is 27.2. The van der Waals surface area contributed by atoms with Gasteiger partial charge in [-0.25, -0.2) is 9.97 Å². The summed E-state index contributed by atoms with van der Waals surface area (Å²) in [4.78, 5) is 13.7. The Bertz CT molecular complexity index is 1600. The summed E-state index contributed by atoms with van der Waals surface area (Å²) in [5.74, 6) is 3.25. The fraction of sp³-hybridized carbons (Fsp3) is 0.344. The van der Waals surface area contributed by atoms with Gasteiger partial charge in [0.15, 0.2) is 5.13 Å². The molecule has 224 valence electrons. The van der Waals surface area contributed by atoms with Gasteiger partial charge in [0.1, 0.15) is 28.7 Å². The summed E-state index contributed by atoms with van der Waals surface area (Å²) in [6, 6.07) is 15.8. The highest BCUT2D eigenvalue weighted by Gasteiger charge is 2.14. The van der Waals surface area contributed by atoms with Crippen molar-refractivity contribution in [2.24, 2.45) is 0 Å². The average molecular weight is 609 g/mol. The van der Waals surface area contributed by atoms with E-state index in [1.807, 2.05) is 81.6 Å². The average Bonchev–Trinajstić information content (AvgIpc) is 3.40. The van der Waals surface area contributed by atoms with Crippen LogP contribution in [0.5, 0.6) is 23.0 Å². The molecule has 3 aromatic heterocycles. The van der Waals surface area contributed by atoms with Crippen LogP contribution in [-0.4, -0.2) is 47.4 Å². The van der Waals surface area contributed by atoms with Crippen LogP contribution in [0.25, 0.3) is 33.2 Å². The highest BCUT2D eigenvalue weighted by Crippen LogP contribution is 2.34. The molecule has 8 nitrogen and oxygen atoms in total. The zero-order chi connectivity index (χ0) is 29.5. The molecule has 0 amide bonds. The third kappa shape index (κ3) is 8.39. The lowest BCUT2D eigenvalue weighted by Gasteiger charge is -2.14. The van der Waals surface area contributed by atoms with Crippen molar-refractivity contribution in [2.75, 3.05) is 19.5 Å². The third-order valence-electron chi connectivity index (χ3n) is 5.79. The number of rotatable bonds is 9. The Morgan fingerprint density at radius 2 is 1.29 bits per heavy atom. The van der Waals surface area contributed by atoms with Gasteiger partial charge in [0, 0.05) is 46.6 Å². The maximum Gasteiger partial charge on any atom is 0.183 e. The Morgan fingerprint density at radius 3 is 1.88 bits per heavy atom. The van der Waals surface area contributed by atoms with Crippen LogP contribution in [0.15, 0.2) is 60.1 Å². The van der Waals surface area contributed by atoms with Gasteiger partial charge in [-0.15, -0.1) is 11.3 Å². The second-order valence-corrected chi connectivity index (χ2v) is 11.1. The fourth-order valence-electron chi connectivity index (χ4n) is 4.08. The first kappa shape index (κ1) is 32.8. The van der Waals surface area contributed by atoms with E-state index in [1.54, 1.807) is 31.8 Å². The number of aromatic nitrogens is 3. The van der Waals surface area contributed by atoms with Crippen molar-refractivity contribution in [3.05, 3.63) is 60.1 Å². The number of benzene rings is 2. The standard InChI is InChI=1S/C19H23N3O2S.C13H15NO2.H2S/c1-11(2)20-19-22-17(10-25-19)16-9-18(24-12(3)4)14-7-6-13(23-5)8-15(14)21-16;1-9(2)16-13-6-7-14-12-8-10(15-3)4-5-11(12)13;/h6-12H,1-5H3,(H,20,22);4-9H,1-3H3;1H2. The van der Waals surface area contributed by atoms with Crippen LogP contribution in [0.2, 0.25) is 0 Å². The van der Waals surface area contributed by atoms with E-state index in [1.165, 1.54) is 0 Å². The normalized spacial score (nSPS) is 10.8. The zero-order valence-electron chi connectivity index (χ0n) is 25.4. The van der Waals surface area contributed by atoms with Crippen LogP contribution in [0.3, 0.4) is 0 Å². The number of hydrogen-bond donors (Lipinski definition) is 1. The topological polar surface area (TPSA) is 87.6 Å². The van der Waals surface area contributed by atoms with Crippen LogP contribution in [-0.2, 0) is 0 Å². The van der Waals surface area contributed by atoms with Crippen LogP contribution in [0.4, 0.5) is 5.13 Å². The van der Waals surface area contributed by atoms with Crippen LogP contribution >= 0.6 is 24.8 Å². The molecule has 0 radical (unpaired) electrons. The molecular weight excluding hydrogens is 569 g/mol. The first-order valence-electron chi connectivity index (χ1n) is 13.6. The summed E-state index contributed by atoms with van der Waals surface area (Å²) in [7, 11) is 3.30. The van der Waals surface area contributed by atoms with Crippen molar-refractivity contribution in [3.63, 3.8) is 0 Å². The third-order valence-corrected chi connectivity index (χ3v) is 6.57. The monoisotopic (exact) mass is 608 g/mol. The largest absolute Gasteiger partial charge is 0.497 e. The van der Waals surface area contributed by atoms with Crippen molar-refractivity contribution in [2.45, 2.75) is 59.8 Å². The fourth-order valence-corrected chi connectivity index (χ4v) is 4.93. The Balaban J connectivity index is 0.000000247. The van der Waals surface area contributed by atoms with E-state index in [4.69, 9.17) is 23.9 Å². The number of fused-ring (bicyclic) bond motifs is 2. The van der Waals surface area contributed by atoms with Crippen molar-refractivity contribution >= 4 is 51.8 Å². The Morgan fingerprint density at radius 1 is 0.690 bits per heavy atom. The SMILES string of the molecule is COc1ccc2c(OC(C)C)cc(-c3csc(NC(C)C)n3)nc2c1.COc1ccc2c(OC(C)C)ccnc2c1.S. The molecule has 0 aliphatic heterocycles. The van der Waals surface area contributed by atoms with E-state index in [0.29, 0.717) is 6.04 Å². The Labute approximate surface area is 258 Å². The maximum absolute atomic E-state index is 6.01. The minimum absolute atomic E-state index is 0. The molecule has 0 saturated heterocycles. The first-order valence-corrected chi connectivity index (χ1v) is 14.5. The van der Waals surface area contributed by atoms with Gasteiger partial charge in [-0.1, -0.05) is 0 Å². The van der Waals surface area contributed by atoms with Gasteiger partial charge in [0.2, 0.25) is 0 Å². The molecule has 5 rings (SSSR count). The lowest BCUT2D eigenvalue weighted by Crippen LogP contribution is -2.09. The quantitative estimate of drug-likeness (QED) is 0.180. The molecule has 10 heteroatoms. The molecule has 0 atom stereocenters. The Kier molecular flexibility index (Phi) is 11.6. The molecule has 1 N–H and O–H groups in total. The Hall–Kier alpha value is -3.76. The summed E-state index contributed by atoms with van der Waals surface area (Å²) in [6.07, 6.45) is 1.99. The van der Waals surface area contributed by atoms with Gasteiger partial charge in [0.05, 0.1) is 43.2 Å². The molecule has 5 aromatic rings. The van der Waals surface area contributed by atoms with Gasteiger partial charge in [-0.3, -0.25) is 4.98 Å². The highest BCUT2D eigenvalue weighted by molar-refractivity contribution is 7.59. The second kappa shape index (κ2) is 14.9. The predicted octanol–water partition coefficient (Wildman–Crippen LogP) is 8.12. The van der Waals surface area contributed by atoms with Crippen LogP contribution < -0.4 is 24.3 Å². The molecule has 42 heavy (non-hydrogen) atoms. The van der Waals surface area contributed by atoms with Gasteiger partial charge < -0.3 is 24.3 Å². The van der Waals surface area contributed by atoms with E-state index in [9.17, 15) is 0 Å². The molecule has 3 heterocycles. The summed E-state index contributed by atoms with van der Waals surface area (Å²) in [5.41, 5.74) is 3.35. The van der Waals surface area contributed by atoms with Gasteiger partial charge >= 0.3 is 0 Å². The van der Waals surface area contributed by atoms with Crippen LogP contribution in [0.1, 0.15) is 41.5 Å². The number of hydrogen-bond acceptors (Lipinski definition) is 9. The van der Waals surface area contributed by atoms with E-state index < -0.39 is 0 Å². The van der Waals surface area contributed by atoms with Crippen molar-refractivity contribution in [3.8, 4) is 34.4 Å². The molecule has 0 aliphatic carbocycles. The summed E-state index contributed by atoms with van der Waals surface area (Å²) in [5, 5.41) is 8.21. The van der Waals surface area contributed by atoms with Crippen LogP contribution in [0, 0.1) is 0 Å². The highest BCUT2D eigenvalue weighted by atomic mass is 32.1. The molecule has 0 aliphatic rings. The molecule has 0 bridgehead atoms. The number of nitrogens with one attached hydrogen (secondary N) is 1. The van der Waals surface area contributed by atoms with Crippen molar-refractivity contribution < 1.29 is 18.9 Å². The molecule has 0 unspecified atom stereocenters.